The van der Waals surface area contributed by atoms with E-state index in [1.54, 1.807) is 17.0 Å². The molecule has 1 aromatic heterocycles. The molecule has 4 rings (SSSR count). The van der Waals surface area contributed by atoms with Gasteiger partial charge in [0.1, 0.15) is 5.82 Å². The number of hydrogen-bond donors (Lipinski definition) is 2. The van der Waals surface area contributed by atoms with E-state index in [4.69, 9.17) is 0 Å². The third kappa shape index (κ3) is 5.62. The highest BCUT2D eigenvalue weighted by Crippen LogP contribution is 2.17. The fourth-order valence-electron chi connectivity index (χ4n) is 4.39. The second-order valence-electron chi connectivity index (χ2n) is 8.68. The summed E-state index contributed by atoms with van der Waals surface area (Å²) in [6.07, 6.45) is 2.15. The van der Waals surface area contributed by atoms with E-state index in [1.807, 2.05) is 54.1 Å². The normalized spacial score (nSPS) is 17.6. The number of benzene rings is 2. The number of aromatic nitrogens is 2. The van der Waals surface area contributed by atoms with Crippen LogP contribution in [0.25, 0.3) is 11.0 Å². The summed E-state index contributed by atoms with van der Waals surface area (Å²) in [5.41, 5.74) is 2.53. The van der Waals surface area contributed by atoms with Crippen LogP contribution in [0.3, 0.4) is 0 Å². The minimum absolute atomic E-state index is 0.0542. The predicted molar refractivity (Wildman–Crippen MR) is 130 cm³/mol. The Labute approximate surface area is 199 Å². The molecule has 1 aliphatic rings. The maximum Gasteiger partial charge on any atom is 0.253 e. The molecule has 8 nitrogen and oxygen atoms in total. The van der Waals surface area contributed by atoms with Crippen LogP contribution in [-0.4, -0.2) is 51.8 Å². The van der Waals surface area contributed by atoms with Gasteiger partial charge in [-0.1, -0.05) is 30.3 Å². The summed E-state index contributed by atoms with van der Waals surface area (Å²) < 4.78 is 1.99. The molecular weight excluding hydrogens is 430 g/mol. The quantitative estimate of drug-likeness (QED) is 0.624. The smallest absolute Gasteiger partial charge is 0.253 e. The molecule has 2 heterocycles. The molecule has 1 aliphatic heterocycles. The van der Waals surface area contributed by atoms with E-state index >= 15 is 0 Å². The number of carbonyl (C=O) groups is 3. The Hall–Kier alpha value is -3.68. The largest absolute Gasteiger partial charge is 0.356 e. The third-order valence-electron chi connectivity index (χ3n) is 6.38. The first kappa shape index (κ1) is 23.5. The molecule has 2 N–H and O–H groups in total. The molecule has 0 bridgehead atoms. The fraction of sp³-hybridized carbons (Fsp3) is 0.385. The molecule has 0 spiro atoms. The van der Waals surface area contributed by atoms with Crippen molar-refractivity contribution in [1.82, 2.24) is 25.1 Å². The van der Waals surface area contributed by atoms with E-state index in [2.05, 4.69) is 15.6 Å². The van der Waals surface area contributed by atoms with Gasteiger partial charge in [-0.05, 0) is 43.5 Å². The Kier molecular flexibility index (Phi) is 7.57. The van der Waals surface area contributed by atoms with Gasteiger partial charge in [-0.2, -0.15) is 0 Å². The summed E-state index contributed by atoms with van der Waals surface area (Å²) in [6, 6.07) is 17.0. The second kappa shape index (κ2) is 11.0. The van der Waals surface area contributed by atoms with Crippen molar-refractivity contribution in [2.45, 2.75) is 32.2 Å². The number of hydrogen-bond acceptors (Lipinski definition) is 4. The van der Waals surface area contributed by atoms with Crippen LogP contribution in [0.4, 0.5) is 0 Å². The number of fused-ring (bicyclic) bond motifs is 1. The first-order valence-corrected chi connectivity index (χ1v) is 11.8. The van der Waals surface area contributed by atoms with Crippen LogP contribution >= 0.6 is 0 Å². The van der Waals surface area contributed by atoms with Crippen LogP contribution in [0.15, 0.2) is 54.6 Å². The van der Waals surface area contributed by atoms with Crippen molar-refractivity contribution in [3.05, 3.63) is 66.0 Å². The summed E-state index contributed by atoms with van der Waals surface area (Å²) in [6.45, 7) is 1.65. The van der Waals surface area contributed by atoms with Gasteiger partial charge in [0, 0.05) is 44.6 Å². The summed E-state index contributed by atoms with van der Waals surface area (Å²) in [5.74, 6) is 0.296. The molecule has 0 aliphatic carbocycles. The zero-order valence-corrected chi connectivity index (χ0v) is 19.5. The molecule has 8 heteroatoms. The maximum atomic E-state index is 13.0. The van der Waals surface area contributed by atoms with Gasteiger partial charge in [0.05, 0.1) is 17.6 Å². The number of carbonyl (C=O) groups excluding carboxylic acids is 3. The van der Waals surface area contributed by atoms with Crippen LogP contribution in [-0.2, 0) is 23.2 Å². The minimum Gasteiger partial charge on any atom is -0.356 e. The Balaban J connectivity index is 1.39. The molecule has 3 aromatic rings. The van der Waals surface area contributed by atoms with Gasteiger partial charge in [0.15, 0.2) is 0 Å². The number of amides is 3. The highest BCUT2D eigenvalue weighted by atomic mass is 16.2. The molecule has 1 fully saturated rings. The summed E-state index contributed by atoms with van der Waals surface area (Å²) in [4.78, 5) is 44.6. The van der Waals surface area contributed by atoms with Gasteiger partial charge in [0.2, 0.25) is 11.8 Å². The highest BCUT2D eigenvalue weighted by molar-refractivity contribution is 5.94. The molecular formula is C26H31N5O3. The maximum absolute atomic E-state index is 13.0. The van der Waals surface area contributed by atoms with Crippen LogP contribution < -0.4 is 10.6 Å². The van der Waals surface area contributed by atoms with Gasteiger partial charge in [-0.3, -0.25) is 14.4 Å². The van der Waals surface area contributed by atoms with Gasteiger partial charge >= 0.3 is 0 Å². The Bertz CT molecular complexity index is 1160. The lowest BCUT2D eigenvalue weighted by Gasteiger charge is -2.23. The van der Waals surface area contributed by atoms with Crippen molar-refractivity contribution in [1.29, 1.82) is 0 Å². The van der Waals surface area contributed by atoms with E-state index in [9.17, 15) is 14.4 Å². The van der Waals surface area contributed by atoms with Crippen LogP contribution in [0, 0.1) is 5.92 Å². The number of rotatable bonds is 4. The van der Waals surface area contributed by atoms with Crippen molar-refractivity contribution in [2.24, 2.45) is 13.0 Å². The summed E-state index contributed by atoms with van der Waals surface area (Å²) >= 11 is 0. The zero-order valence-electron chi connectivity index (χ0n) is 19.5. The van der Waals surface area contributed by atoms with E-state index in [-0.39, 0.29) is 30.1 Å². The first-order chi connectivity index (χ1) is 16.5. The van der Waals surface area contributed by atoms with Crippen LogP contribution in [0.5, 0.6) is 0 Å². The minimum atomic E-state index is -0.248. The lowest BCUT2D eigenvalue weighted by Crippen LogP contribution is -2.35. The molecule has 0 saturated carbocycles. The Morgan fingerprint density at radius 2 is 1.82 bits per heavy atom. The SMILES string of the molecule is Cn1c(CNC(=O)C2CCCN(C(=O)c3ccccc3)CCC(=O)NCC2)nc2ccccc21. The van der Waals surface area contributed by atoms with E-state index in [0.717, 1.165) is 16.9 Å². The van der Waals surface area contributed by atoms with Crippen molar-refractivity contribution in [3.63, 3.8) is 0 Å². The molecule has 0 radical (unpaired) electrons. The Morgan fingerprint density at radius 1 is 1.06 bits per heavy atom. The molecule has 2 aromatic carbocycles. The summed E-state index contributed by atoms with van der Waals surface area (Å²) in [7, 11) is 1.94. The number of nitrogens with zero attached hydrogens (tertiary/aromatic N) is 3. The van der Waals surface area contributed by atoms with Crippen molar-refractivity contribution >= 4 is 28.8 Å². The van der Waals surface area contributed by atoms with E-state index in [1.165, 1.54) is 0 Å². The van der Waals surface area contributed by atoms with E-state index < -0.39 is 0 Å². The average Bonchev–Trinajstić information content (AvgIpc) is 3.16. The highest BCUT2D eigenvalue weighted by Gasteiger charge is 2.23. The molecule has 1 saturated heterocycles. The number of aryl methyl sites for hydroxylation is 1. The topological polar surface area (TPSA) is 96.3 Å². The van der Waals surface area contributed by atoms with Crippen LogP contribution in [0.2, 0.25) is 0 Å². The van der Waals surface area contributed by atoms with Crippen molar-refractivity contribution in [3.8, 4) is 0 Å². The lowest BCUT2D eigenvalue weighted by atomic mass is 9.98. The summed E-state index contributed by atoms with van der Waals surface area (Å²) in [5, 5.41) is 5.92. The van der Waals surface area contributed by atoms with Gasteiger partial charge < -0.3 is 20.1 Å². The third-order valence-corrected chi connectivity index (χ3v) is 6.38. The van der Waals surface area contributed by atoms with Crippen LogP contribution in [0.1, 0.15) is 41.9 Å². The number of nitrogens with one attached hydrogen (secondary N) is 2. The number of para-hydroxylation sites is 2. The van der Waals surface area contributed by atoms with Gasteiger partial charge in [0.25, 0.3) is 5.91 Å². The molecule has 178 valence electrons. The first-order valence-electron chi connectivity index (χ1n) is 11.8. The zero-order chi connectivity index (χ0) is 23.9. The Morgan fingerprint density at radius 3 is 2.62 bits per heavy atom. The monoisotopic (exact) mass is 461 g/mol. The lowest BCUT2D eigenvalue weighted by molar-refractivity contribution is -0.126. The predicted octanol–water partition coefficient (Wildman–Crippen LogP) is 2.64. The van der Waals surface area contributed by atoms with Gasteiger partial charge in [-0.25, -0.2) is 4.98 Å². The molecule has 3 amide bonds. The molecule has 1 atom stereocenters. The second-order valence-corrected chi connectivity index (χ2v) is 8.68. The van der Waals surface area contributed by atoms with Gasteiger partial charge in [-0.15, -0.1) is 0 Å². The van der Waals surface area contributed by atoms with Crippen molar-refractivity contribution in [2.75, 3.05) is 19.6 Å². The number of imidazole rings is 1. The van der Waals surface area contributed by atoms with Crippen molar-refractivity contribution < 1.29 is 14.4 Å². The average molecular weight is 462 g/mol. The fourth-order valence-corrected chi connectivity index (χ4v) is 4.39. The molecule has 34 heavy (non-hydrogen) atoms. The standard InChI is InChI=1S/C26H31N5O3/c1-30-22-12-6-5-11-21(22)29-23(30)18-28-25(33)19-10-7-16-31(17-14-24(32)27-15-13-19)26(34)20-8-3-2-4-9-20/h2-6,8-9,11-12,19H,7,10,13-18H2,1H3,(H,27,32)(H,28,33). The molecule has 1 unspecified atom stereocenters. The van der Waals surface area contributed by atoms with E-state index in [0.29, 0.717) is 51.0 Å².